The molecule has 0 bridgehead atoms. The van der Waals surface area contributed by atoms with Gasteiger partial charge in [-0.25, -0.2) is 9.59 Å². The first kappa shape index (κ1) is 29.2. The number of rotatable bonds is 17. The molecule has 0 radical (unpaired) electrons. The van der Waals surface area contributed by atoms with Crippen molar-refractivity contribution in [3.8, 4) is 11.5 Å². The molecule has 0 unspecified atom stereocenters. The van der Waals surface area contributed by atoms with Crippen molar-refractivity contribution in [2.75, 3.05) is 13.1 Å². The summed E-state index contributed by atoms with van der Waals surface area (Å²) < 4.78 is 11.0. The molecular formula is C30H44N2O4. The first-order valence-corrected chi connectivity index (χ1v) is 13.7. The summed E-state index contributed by atoms with van der Waals surface area (Å²) in [7, 11) is 0. The Labute approximate surface area is 217 Å². The van der Waals surface area contributed by atoms with E-state index in [9.17, 15) is 9.59 Å². The van der Waals surface area contributed by atoms with Crippen LogP contribution in [-0.2, 0) is 12.8 Å². The number of nitrogens with one attached hydrogen (secondary N) is 2. The largest absolute Gasteiger partial charge is 0.412 e. The van der Waals surface area contributed by atoms with Gasteiger partial charge in [0.1, 0.15) is 11.5 Å². The zero-order valence-corrected chi connectivity index (χ0v) is 22.2. The summed E-state index contributed by atoms with van der Waals surface area (Å²) in [4.78, 5) is 24.3. The molecular weight excluding hydrogens is 452 g/mol. The van der Waals surface area contributed by atoms with Gasteiger partial charge in [0, 0.05) is 13.1 Å². The van der Waals surface area contributed by atoms with Crippen LogP contribution in [0.4, 0.5) is 9.59 Å². The lowest BCUT2D eigenvalue weighted by Crippen LogP contribution is -2.28. The van der Waals surface area contributed by atoms with E-state index in [1.165, 1.54) is 12.8 Å². The predicted octanol–water partition coefficient (Wildman–Crippen LogP) is 7.59. The van der Waals surface area contributed by atoms with Gasteiger partial charge in [0.15, 0.2) is 0 Å². The van der Waals surface area contributed by atoms with Gasteiger partial charge >= 0.3 is 12.2 Å². The molecule has 0 fully saturated rings. The number of hydrogen-bond acceptors (Lipinski definition) is 4. The lowest BCUT2D eigenvalue weighted by Gasteiger charge is -2.11. The molecule has 0 spiro atoms. The zero-order valence-electron chi connectivity index (χ0n) is 22.2. The quantitative estimate of drug-likeness (QED) is 0.221. The van der Waals surface area contributed by atoms with E-state index in [1.54, 1.807) is 0 Å². The summed E-state index contributed by atoms with van der Waals surface area (Å²) in [6.07, 6.45) is 11.5. The molecule has 0 heterocycles. The van der Waals surface area contributed by atoms with Gasteiger partial charge in [-0.2, -0.15) is 0 Å². The van der Waals surface area contributed by atoms with E-state index in [0.29, 0.717) is 24.6 Å². The van der Waals surface area contributed by atoms with Gasteiger partial charge < -0.3 is 20.1 Å². The van der Waals surface area contributed by atoms with Crippen LogP contribution in [0.3, 0.4) is 0 Å². The monoisotopic (exact) mass is 496 g/mol. The number of carbonyl (C=O) groups is 2. The third kappa shape index (κ3) is 12.1. The van der Waals surface area contributed by atoms with Crippen molar-refractivity contribution in [2.45, 2.75) is 90.9 Å². The molecule has 6 nitrogen and oxygen atoms in total. The number of ether oxygens (including phenoxy) is 2. The van der Waals surface area contributed by atoms with Crippen molar-refractivity contribution in [2.24, 2.45) is 0 Å². The molecule has 2 amide bonds. The van der Waals surface area contributed by atoms with Crippen LogP contribution in [-0.4, -0.2) is 25.3 Å². The molecule has 198 valence electrons. The third-order valence-electron chi connectivity index (χ3n) is 6.09. The molecule has 2 N–H and O–H groups in total. The number of amides is 2. The maximum absolute atomic E-state index is 12.2. The molecule has 2 aromatic carbocycles. The topological polar surface area (TPSA) is 76.7 Å². The molecule has 0 saturated carbocycles. The Morgan fingerprint density at radius 1 is 0.583 bits per heavy atom. The van der Waals surface area contributed by atoms with Crippen LogP contribution in [0.5, 0.6) is 11.5 Å². The highest BCUT2D eigenvalue weighted by atomic mass is 16.6. The van der Waals surface area contributed by atoms with Gasteiger partial charge in [-0.05, 0) is 61.8 Å². The Morgan fingerprint density at radius 3 is 1.42 bits per heavy atom. The predicted molar refractivity (Wildman–Crippen MR) is 146 cm³/mol. The van der Waals surface area contributed by atoms with Crippen LogP contribution < -0.4 is 20.1 Å². The van der Waals surface area contributed by atoms with Gasteiger partial charge in [-0.15, -0.1) is 0 Å². The molecule has 0 aliphatic carbocycles. The molecule has 0 aliphatic rings. The van der Waals surface area contributed by atoms with Gasteiger partial charge in [0.25, 0.3) is 0 Å². The van der Waals surface area contributed by atoms with Crippen LogP contribution in [0.1, 0.15) is 89.2 Å². The van der Waals surface area contributed by atoms with Crippen molar-refractivity contribution in [1.29, 1.82) is 0 Å². The summed E-state index contributed by atoms with van der Waals surface area (Å²) in [6, 6.07) is 15.5. The summed E-state index contributed by atoms with van der Waals surface area (Å²) in [5.74, 6) is 1.29. The number of benzene rings is 2. The van der Waals surface area contributed by atoms with Crippen LogP contribution in [0.25, 0.3) is 0 Å². The van der Waals surface area contributed by atoms with Gasteiger partial charge in [0.05, 0.1) is 0 Å². The van der Waals surface area contributed by atoms with E-state index in [2.05, 4.69) is 24.5 Å². The normalized spacial score (nSPS) is 10.6. The maximum Gasteiger partial charge on any atom is 0.412 e. The maximum atomic E-state index is 12.2. The number of carbonyl (C=O) groups excluding carboxylic acids is 2. The van der Waals surface area contributed by atoms with E-state index in [-0.39, 0.29) is 0 Å². The molecule has 2 rings (SSSR count). The van der Waals surface area contributed by atoms with E-state index in [4.69, 9.17) is 9.47 Å². The molecule has 6 heteroatoms. The molecule has 0 aromatic heterocycles. The second-order valence-electron chi connectivity index (χ2n) is 9.18. The smallest absolute Gasteiger partial charge is 0.410 e. The van der Waals surface area contributed by atoms with Crippen LogP contribution in [0.15, 0.2) is 48.5 Å². The summed E-state index contributed by atoms with van der Waals surface area (Å²) in [5.41, 5.74) is 2.15. The molecule has 2 aromatic rings. The Morgan fingerprint density at radius 2 is 1.00 bits per heavy atom. The number of para-hydroxylation sites is 2. The third-order valence-corrected chi connectivity index (χ3v) is 6.09. The SMILES string of the molecule is CCCCCc1ccccc1OC(=O)NCCCCCCNC(=O)Oc1ccccc1CCCCC. The minimum Gasteiger partial charge on any atom is -0.410 e. The Bertz CT molecular complexity index is 827. The lowest BCUT2D eigenvalue weighted by molar-refractivity contribution is 0.198. The average Bonchev–Trinajstić information content (AvgIpc) is 2.88. The first-order chi connectivity index (χ1) is 17.6. The number of hydrogen-bond donors (Lipinski definition) is 2. The van der Waals surface area contributed by atoms with Crippen molar-refractivity contribution in [1.82, 2.24) is 10.6 Å². The average molecular weight is 497 g/mol. The highest BCUT2D eigenvalue weighted by molar-refractivity contribution is 5.71. The van der Waals surface area contributed by atoms with Crippen molar-refractivity contribution in [3.05, 3.63) is 59.7 Å². The molecule has 0 atom stereocenters. The summed E-state index contributed by atoms with van der Waals surface area (Å²) in [6.45, 7) is 5.50. The van der Waals surface area contributed by atoms with Crippen LogP contribution in [0.2, 0.25) is 0 Å². The van der Waals surface area contributed by atoms with Crippen molar-refractivity contribution in [3.63, 3.8) is 0 Å². The van der Waals surface area contributed by atoms with Crippen molar-refractivity contribution >= 4 is 12.2 Å². The van der Waals surface area contributed by atoms with E-state index in [1.807, 2.05) is 48.5 Å². The standard InChI is InChI=1S/C30H44N2O4/c1-3-5-9-17-25-19-11-13-21-27(25)35-29(33)31-23-15-7-8-16-24-32-30(34)36-28-22-14-12-20-26(28)18-10-6-4-2/h11-14,19-22H,3-10,15-18,23-24H2,1-2H3,(H,31,33)(H,32,34). The lowest BCUT2D eigenvalue weighted by atomic mass is 10.1. The fraction of sp³-hybridized carbons (Fsp3) is 0.533. The van der Waals surface area contributed by atoms with Crippen LogP contribution in [0, 0.1) is 0 Å². The summed E-state index contributed by atoms with van der Waals surface area (Å²) >= 11 is 0. The van der Waals surface area contributed by atoms with E-state index < -0.39 is 12.2 Å². The molecule has 0 saturated heterocycles. The fourth-order valence-corrected chi connectivity index (χ4v) is 4.01. The highest BCUT2D eigenvalue weighted by Crippen LogP contribution is 2.21. The fourth-order valence-electron chi connectivity index (χ4n) is 4.01. The highest BCUT2D eigenvalue weighted by Gasteiger charge is 2.09. The Balaban J connectivity index is 1.55. The van der Waals surface area contributed by atoms with E-state index in [0.717, 1.165) is 75.3 Å². The zero-order chi connectivity index (χ0) is 25.8. The summed E-state index contributed by atoms with van der Waals surface area (Å²) in [5, 5.41) is 5.67. The Hall–Kier alpha value is -3.02. The second kappa shape index (κ2) is 18.3. The minimum atomic E-state index is -0.405. The number of unbranched alkanes of at least 4 members (excludes halogenated alkanes) is 7. The van der Waals surface area contributed by atoms with Crippen molar-refractivity contribution < 1.29 is 19.1 Å². The second-order valence-corrected chi connectivity index (χ2v) is 9.18. The van der Waals surface area contributed by atoms with Gasteiger partial charge in [0.2, 0.25) is 0 Å². The molecule has 0 aliphatic heterocycles. The number of aryl methyl sites for hydroxylation is 2. The van der Waals surface area contributed by atoms with Crippen LogP contribution >= 0.6 is 0 Å². The first-order valence-electron chi connectivity index (χ1n) is 13.7. The minimum absolute atomic E-state index is 0.405. The Kier molecular flexibility index (Phi) is 14.8. The van der Waals surface area contributed by atoms with Gasteiger partial charge in [-0.3, -0.25) is 0 Å². The van der Waals surface area contributed by atoms with Gasteiger partial charge in [-0.1, -0.05) is 88.8 Å². The van der Waals surface area contributed by atoms with E-state index >= 15 is 0 Å². The molecule has 36 heavy (non-hydrogen) atoms.